The predicted molar refractivity (Wildman–Crippen MR) is 68.0 cm³/mol. The molecule has 0 amide bonds. The molecule has 0 radical (unpaired) electrons. The maximum atomic E-state index is 12.1. The molecule has 4 heterocycles. The highest BCUT2D eigenvalue weighted by Crippen LogP contribution is 2.59. The Bertz CT molecular complexity index is 452. The van der Waals surface area contributed by atoms with Gasteiger partial charge < -0.3 is 9.47 Å². The summed E-state index contributed by atoms with van der Waals surface area (Å²) in [7, 11) is 0. The highest BCUT2D eigenvalue weighted by molar-refractivity contribution is 5.74. The number of rotatable bonds is 0. The van der Waals surface area contributed by atoms with Crippen LogP contribution in [-0.4, -0.2) is 23.6 Å². The highest BCUT2D eigenvalue weighted by atomic mass is 17.3. The van der Waals surface area contributed by atoms with Crippen molar-refractivity contribution in [2.24, 2.45) is 23.7 Å². The second-order valence-corrected chi connectivity index (χ2v) is 7.14. The molecule has 2 bridgehead atoms. The molecule has 5 rings (SSSR count). The van der Waals surface area contributed by atoms with E-state index in [1.165, 1.54) is 0 Å². The van der Waals surface area contributed by atoms with E-state index in [1.54, 1.807) is 0 Å². The van der Waals surface area contributed by atoms with E-state index in [2.05, 4.69) is 6.92 Å². The molecule has 5 nitrogen and oxygen atoms in total. The lowest BCUT2D eigenvalue weighted by atomic mass is 9.58. The van der Waals surface area contributed by atoms with Gasteiger partial charge in [-0.1, -0.05) is 13.8 Å². The van der Waals surface area contributed by atoms with Crippen molar-refractivity contribution < 1.29 is 24.0 Å². The van der Waals surface area contributed by atoms with Crippen molar-refractivity contribution in [2.75, 3.05) is 0 Å². The van der Waals surface area contributed by atoms with Crippen molar-refractivity contribution in [3.05, 3.63) is 0 Å². The van der Waals surface area contributed by atoms with Crippen molar-refractivity contribution in [2.45, 2.75) is 64.1 Å². The summed E-state index contributed by atoms with van der Waals surface area (Å²) < 4.78 is 11.6. The van der Waals surface area contributed by atoms with Crippen molar-refractivity contribution in [1.82, 2.24) is 0 Å². The summed E-state index contributed by atoms with van der Waals surface area (Å²) in [4.78, 5) is 23.7. The zero-order valence-electron chi connectivity index (χ0n) is 12.3. The summed E-state index contributed by atoms with van der Waals surface area (Å²) in [6.07, 6.45) is 3.24. The first kappa shape index (κ1) is 13.0. The molecule has 1 aliphatic carbocycles. The number of carbonyl (C=O) groups is 1. The van der Waals surface area contributed by atoms with E-state index in [9.17, 15) is 4.79 Å². The fourth-order valence-corrected chi connectivity index (χ4v) is 4.76. The molecule has 5 heteroatoms. The van der Waals surface area contributed by atoms with Crippen LogP contribution in [0.15, 0.2) is 0 Å². The lowest BCUT2D eigenvalue weighted by molar-refractivity contribution is -0.559. The first-order valence-corrected chi connectivity index (χ1v) is 7.71. The van der Waals surface area contributed by atoms with Gasteiger partial charge >= 0.3 is 5.97 Å². The van der Waals surface area contributed by atoms with Gasteiger partial charge in [-0.05, 0) is 32.1 Å². The van der Waals surface area contributed by atoms with Gasteiger partial charge in [0.05, 0.1) is 5.92 Å². The van der Waals surface area contributed by atoms with Crippen LogP contribution in [0.3, 0.4) is 0 Å². The van der Waals surface area contributed by atoms with Crippen LogP contribution in [0.25, 0.3) is 0 Å². The van der Waals surface area contributed by atoms with E-state index in [0.29, 0.717) is 11.8 Å². The molecule has 5 aliphatic rings. The third-order valence-electron chi connectivity index (χ3n) is 5.97. The Hall–Kier alpha value is -0.650. The van der Waals surface area contributed by atoms with Gasteiger partial charge in [-0.25, -0.2) is 9.78 Å². The number of ether oxygens (including phenoxy) is 2. The Morgan fingerprint density at radius 1 is 1.10 bits per heavy atom. The minimum atomic E-state index is -0.793. The average molecular weight is 282 g/mol. The summed E-state index contributed by atoms with van der Waals surface area (Å²) in [5, 5.41) is 0. The monoisotopic (exact) mass is 282 g/mol. The molecule has 1 saturated carbocycles. The molecule has 0 aromatic rings. The third-order valence-corrected chi connectivity index (χ3v) is 5.97. The maximum absolute atomic E-state index is 12.1. The van der Waals surface area contributed by atoms with Gasteiger partial charge in [-0.15, -0.1) is 0 Å². The molecular weight excluding hydrogens is 260 g/mol. The van der Waals surface area contributed by atoms with Crippen molar-refractivity contribution in [3.63, 3.8) is 0 Å². The summed E-state index contributed by atoms with van der Waals surface area (Å²) in [5.74, 6) is -0.137. The van der Waals surface area contributed by atoms with Crippen LogP contribution in [0, 0.1) is 23.7 Å². The largest absolute Gasteiger partial charge is 0.432 e. The van der Waals surface area contributed by atoms with Crippen LogP contribution in [0.5, 0.6) is 0 Å². The number of esters is 1. The summed E-state index contributed by atoms with van der Waals surface area (Å²) in [5.41, 5.74) is -0.610. The maximum Gasteiger partial charge on any atom is 0.311 e. The van der Waals surface area contributed by atoms with Crippen LogP contribution < -0.4 is 0 Å². The van der Waals surface area contributed by atoms with E-state index in [4.69, 9.17) is 19.2 Å². The van der Waals surface area contributed by atoms with E-state index >= 15 is 0 Å². The lowest BCUT2D eigenvalue weighted by Crippen LogP contribution is -2.69. The molecule has 1 spiro atoms. The molecule has 0 aromatic carbocycles. The molecule has 112 valence electrons. The van der Waals surface area contributed by atoms with Crippen LogP contribution >= 0.6 is 0 Å². The van der Waals surface area contributed by atoms with Gasteiger partial charge in [-0.3, -0.25) is 4.79 Å². The number of hydrogen-bond donors (Lipinski definition) is 0. The topological polar surface area (TPSA) is 54.0 Å². The van der Waals surface area contributed by atoms with Gasteiger partial charge in [0.25, 0.3) is 0 Å². The highest BCUT2D eigenvalue weighted by Gasteiger charge is 2.69. The van der Waals surface area contributed by atoms with Crippen molar-refractivity contribution in [1.29, 1.82) is 0 Å². The second kappa shape index (κ2) is 3.96. The normalized spacial score (nSPS) is 57.8. The average Bonchev–Trinajstić information content (AvgIpc) is 2.63. The smallest absolute Gasteiger partial charge is 0.311 e. The molecule has 0 aromatic heterocycles. The first-order valence-electron chi connectivity index (χ1n) is 7.71. The summed E-state index contributed by atoms with van der Waals surface area (Å²) >= 11 is 0. The van der Waals surface area contributed by atoms with Gasteiger partial charge in [0.2, 0.25) is 12.1 Å². The second-order valence-electron chi connectivity index (χ2n) is 7.14. The Labute approximate surface area is 118 Å². The fourth-order valence-electron chi connectivity index (χ4n) is 4.76. The number of fused-ring (bicyclic) bond motifs is 2. The zero-order chi connectivity index (χ0) is 14.1. The van der Waals surface area contributed by atoms with Crippen LogP contribution in [-0.2, 0) is 24.0 Å². The Balaban J connectivity index is 1.84. The van der Waals surface area contributed by atoms with Gasteiger partial charge in [0, 0.05) is 18.3 Å². The molecule has 3 unspecified atom stereocenters. The van der Waals surface area contributed by atoms with E-state index in [-0.39, 0.29) is 17.8 Å². The lowest BCUT2D eigenvalue weighted by Gasteiger charge is -2.57. The van der Waals surface area contributed by atoms with E-state index < -0.39 is 17.7 Å². The van der Waals surface area contributed by atoms with E-state index in [1.807, 2.05) is 13.8 Å². The molecule has 4 aliphatic heterocycles. The van der Waals surface area contributed by atoms with Crippen LogP contribution in [0.4, 0.5) is 0 Å². The number of carbonyl (C=O) groups excluding carboxylic acids is 1. The molecule has 4 saturated heterocycles. The molecule has 7 atom stereocenters. The van der Waals surface area contributed by atoms with Crippen molar-refractivity contribution in [3.8, 4) is 0 Å². The Kier molecular flexibility index (Phi) is 2.58. The standard InChI is InChI=1S/C15H22O5/c1-8-4-5-11-9(2)12(16)17-13-15(11)10(8)6-7-14(3,18-13)19-20-15/h8-11,13H,4-7H2,1-3H3/t8-,9?,10+,11?,13-,14+,15?/m1/s1. The third kappa shape index (κ3) is 1.46. The molecular formula is C15H22O5. The zero-order valence-corrected chi connectivity index (χ0v) is 12.3. The van der Waals surface area contributed by atoms with Crippen LogP contribution in [0.1, 0.15) is 46.5 Å². The summed E-state index contributed by atoms with van der Waals surface area (Å²) in [6.45, 7) is 6.06. The minimum absolute atomic E-state index is 0.123. The Morgan fingerprint density at radius 3 is 2.70 bits per heavy atom. The molecule has 20 heavy (non-hydrogen) atoms. The quantitative estimate of drug-likeness (QED) is 0.504. The van der Waals surface area contributed by atoms with Crippen LogP contribution in [0.2, 0.25) is 0 Å². The molecule has 5 fully saturated rings. The fraction of sp³-hybridized carbons (Fsp3) is 0.933. The predicted octanol–water partition coefficient (Wildman–Crippen LogP) is 2.39. The van der Waals surface area contributed by atoms with E-state index in [0.717, 1.165) is 25.7 Å². The first-order chi connectivity index (χ1) is 9.46. The van der Waals surface area contributed by atoms with Gasteiger partial charge in [0.1, 0.15) is 0 Å². The van der Waals surface area contributed by atoms with Gasteiger partial charge in [-0.2, -0.15) is 0 Å². The SMILES string of the molecule is CC1C(=O)O[C@@H]2O[C@]3(C)CC[C@H]4[C@H](C)CCC1C24OO3. The Morgan fingerprint density at radius 2 is 1.90 bits per heavy atom. The van der Waals surface area contributed by atoms with Crippen molar-refractivity contribution >= 4 is 5.97 Å². The molecule has 0 N–H and O–H groups in total. The summed E-state index contributed by atoms with van der Waals surface area (Å²) in [6, 6.07) is 0. The van der Waals surface area contributed by atoms with Gasteiger partial charge in [0.15, 0.2) is 5.60 Å². The minimum Gasteiger partial charge on any atom is -0.432 e. The number of hydrogen-bond acceptors (Lipinski definition) is 5.